The van der Waals surface area contributed by atoms with Gasteiger partial charge in [0.25, 0.3) is 0 Å². The molecule has 0 bridgehead atoms. The summed E-state index contributed by atoms with van der Waals surface area (Å²) in [6, 6.07) is 5.88. The lowest BCUT2D eigenvalue weighted by Crippen LogP contribution is -2.51. The first-order valence-electron chi connectivity index (χ1n) is 17.4. The first-order valence-corrected chi connectivity index (χ1v) is 17.4. The molecule has 1 heterocycles. The molecule has 0 aromatic heterocycles. The fourth-order valence-electron chi connectivity index (χ4n) is 5.34. The summed E-state index contributed by atoms with van der Waals surface area (Å²) >= 11 is 0. The second-order valence-electron chi connectivity index (χ2n) is 13.9. The van der Waals surface area contributed by atoms with E-state index >= 15 is 0 Å². The molecule has 278 valence electrons. The summed E-state index contributed by atoms with van der Waals surface area (Å²) in [5.74, 6) is -1.96. The van der Waals surface area contributed by atoms with Crippen LogP contribution in [0, 0.1) is 23.7 Å². The molecule has 1 aliphatic rings. The highest BCUT2D eigenvalue weighted by Gasteiger charge is 2.39. The van der Waals surface area contributed by atoms with Crippen molar-refractivity contribution < 1.29 is 38.3 Å². The number of likely N-dealkylation sites (N-methyl/N-ethyl adjacent to an activating group) is 2. The van der Waals surface area contributed by atoms with E-state index in [0.29, 0.717) is 50.1 Å². The molecule has 1 aromatic carbocycles. The van der Waals surface area contributed by atoms with E-state index in [0.717, 1.165) is 0 Å². The smallest absolute Gasteiger partial charge is 0.409 e. The molecule has 50 heavy (non-hydrogen) atoms. The predicted molar refractivity (Wildman–Crippen MR) is 188 cm³/mol. The van der Waals surface area contributed by atoms with E-state index in [2.05, 4.69) is 16.0 Å². The van der Waals surface area contributed by atoms with Crippen molar-refractivity contribution in [2.24, 2.45) is 23.7 Å². The number of benzene rings is 1. The molecular weight excluding hydrogens is 644 g/mol. The number of likely N-dealkylation sites (tertiary alicyclic amines) is 1. The standard InChI is InChI=1S/C36H56N6O8/c1-23(2)28-20-31(45)42(35(28)48)17-11-9-10-12-29(43)39-32(24(3)4)33(46)37-21-30(44)38-27-15-13-26(14-16-27)22-50-36(49)41(8)19-18-40(7)34(47)25(5)6/h13-16,23-25,28,32H,9-12,17-22H2,1-8H3,(H,37,46)(H,38,44)(H,39,43). The summed E-state index contributed by atoms with van der Waals surface area (Å²) < 4.78 is 5.35. The van der Waals surface area contributed by atoms with Gasteiger partial charge in [-0.1, -0.05) is 60.1 Å². The quantitative estimate of drug-likeness (QED) is 0.146. The van der Waals surface area contributed by atoms with Gasteiger partial charge in [-0.05, 0) is 42.4 Å². The number of rotatable bonds is 19. The van der Waals surface area contributed by atoms with Crippen LogP contribution in [0.3, 0.4) is 0 Å². The molecule has 1 fully saturated rings. The van der Waals surface area contributed by atoms with E-state index in [4.69, 9.17) is 4.74 Å². The molecule has 1 saturated heterocycles. The minimum Gasteiger partial charge on any atom is -0.445 e. The lowest BCUT2D eigenvalue weighted by molar-refractivity contribution is -0.140. The molecule has 2 atom stereocenters. The van der Waals surface area contributed by atoms with Crippen molar-refractivity contribution in [2.75, 3.05) is 45.6 Å². The van der Waals surface area contributed by atoms with Gasteiger partial charge in [0.2, 0.25) is 35.4 Å². The van der Waals surface area contributed by atoms with Gasteiger partial charge in [0, 0.05) is 64.1 Å². The van der Waals surface area contributed by atoms with Crippen LogP contribution in [0.5, 0.6) is 0 Å². The van der Waals surface area contributed by atoms with Gasteiger partial charge in [-0.25, -0.2) is 4.79 Å². The highest BCUT2D eigenvalue weighted by molar-refractivity contribution is 6.03. The Morgan fingerprint density at radius 2 is 1.52 bits per heavy atom. The average Bonchev–Trinajstić information content (AvgIpc) is 3.35. The zero-order chi connectivity index (χ0) is 37.5. The molecule has 1 aromatic rings. The Bertz CT molecular complexity index is 1350. The maximum absolute atomic E-state index is 12.8. The Morgan fingerprint density at radius 3 is 2.10 bits per heavy atom. The maximum Gasteiger partial charge on any atom is 0.409 e. The molecule has 14 heteroatoms. The van der Waals surface area contributed by atoms with Crippen molar-refractivity contribution in [2.45, 2.75) is 86.3 Å². The fourth-order valence-corrected chi connectivity index (χ4v) is 5.34. The second kappa shape index (κ2) is 20.2. The number of carbonyl (C=O) groups excluding carboxylic acids is 7. The molecule has 7 amide bonds. The van der Waals surface area contributed by atoms with Crippen molar-refractivity contribution in [3.8, 4) is 0 Å². The summed E-state index contributed by atoms with van der Waals surface area (Å²) in [7, 11) is 3.29. The van der Waals surface area contributed by atoms with Crippen LogP contribution in [0.4, 0.5) is 10.5 Å². The minimum atomic E-state index is -0.826. The monoisotopic (exact) mass is 700 g/mol. The lowest BCUT2D eigenvalue weighted by atomic mass is 9.94. The third kappa shape index (κ3) is 13.4. The number of ether oxygens (including phenoxy) is 1. The molecular formula is C36H56N6O8. The summed E-state index contributed by atoms with van der Waals surface area (Å²) in [6.45, 7) is 11.9. The van der Waals surface area contributed by atoms with E-state index < -0.39 is 23.9 Å². The number of amides is 7. The van der Waals surface area contributed by atoms with Crippen LogP contribution in [-0.4, -0.2) is 103 Å². The lowest BCUT2D eigenvalue weighted by Gasteiger charge is -2.23. The van der Waals surface area contributed by atoms with E-state index in [9.17, 15) is 33.6 Å². The summed E-state index contributed by atoms with van der Waals surface area (Å²) in [5.41, 5.74) is 1.19. The zero-order valence-corrected chi connectivity index (χ0v) is 30.9. The van der Waals surface area contributed by atoms with E-state index in [1.165, 1.54) is 9.80 Å². The maximum atomic E-state index is 12.8. The van der Waals surface area contributed by atoms with Gasteiger partial charge in [-0.3, -0.25) is 33.7 Å². The molecule has 1 aliphatic heterocycles. The van der Waals surface area contributed by atoms with Gasteiger partial charge in [0.1, 0.15) is 12.6 Å². The van der Waals surface area contributed by atoms with Crippen LogP contribution in [0.2, 0.25) is 0 Å². The Balaban J connectivity index is 1.70. The highest BCUT2D eigenvalue weighted by atomic mass is 16.6. The van der Waals surface area contributed by atoms with Gasteiger partial charge in [0.15, 0.2) is 0 Å². The van der Waals surface area contributed by atoms with Crippen LogP contribution >= 0.6 is 0 Å². The molecule has 0 radical (unpaired) electrons. The number of nitrogens with one attached hydrogen (secondary N) is 3. The number of unbranched alkanes of at least 4 members (excludes halogenated alkanes) is 2. The third-order valence-electron chi connectivity index (χ3n) is 8.61. The second-order valence-corrected chi connectivity index (χ2v) is 13.9. The van der Waals surface area contributed by atoms with Crippen molar-refractivity contribution in [3.63, 3.8) is 0 Å². The van der Waals surface area contributed by atoms with Gasteiger partial charge >= 0.3 is 6.09 Å². The Hall–Kier alpha value is -4.49. The zero-order valence-electron chi connectivity index (χ0n) is 30.9. The Labute approximate surface area is 296 Å². The average molecular weight is 701 g/mol. The third-order valence-corrected chi connectivity index (χ3v) is 8.61. The normalized spacial score (nSPS) is 14.9. The molecule has 14 nitrogen and oxygen atoms in total. The molecule has 2 rings (SSSR count). The number of carbonyl (C=O) groups is 7. The van der Waals surface area contributed by atoms with Crippen molar-refractivity contribution in [1.29, 1.82) is 0 Å². The van der Waals surface area contributed by atoms with Crippen LogP contribution in [-0.2, 0) is 40.1 Å². The molecule has 3 N–H and O–H groups in total. The largest absolute Gasteiger partial charge is 0.445 e. The van der Waals surface area contributed by atoms with Crippen molar-refractivity contribution in [3.05, 3.63) is 29.8 Å². The Kier molecular flexibility index (Phi) is 16.9. The van der Waals surface area contributed by atoms with Crippen molar-refractivity contribution >= 4 is 47.2 Å². The van der Waals surface area contributed by atoms with Crippen LogP contribution < -0.4 is 16.0 Å². The summed E-state index contributed by atoms with van der Waals surface area (Å²) in [4.78, 5) is 91.3. The Morgan fingerprint density at radius 1 is 0.880 bits per heavy atom. The molecule has 2 unspecified atom stereocenters. The molecule has 0 aliphatic carbocycles. The first kappa shape index (κ1) is 41.7. The van der Waals surface area contributed by atoms with Crippen LogP contribution in [0.1, 0.15) is 79.2 Å². The SMILES string of the molecule is CC(C)C(=O)N(C)CCN(C)C(=O)OCc1ccc(NC(=O)CNC(=O)C(NC(=O)CCCCCN2C(=O)CC(C(C)C)C2=O)C(C)C)cc1. The van der Waals surface area contributed by atoms with Gasteiger partial charge in [-0.2, -0.15) is 0 Å². The highest BCUT2D eigenvalue weighted by Crippen LogP contribution is 2.26. The topological polar surface area (TPSA) is 175 Å². The number of imide groups is 1. The number of hydrogen-bond donors (Lipinski definition) is 3. The molecule has 0 saturated carbocycles. The summed E-state index contributed by atoms with van der Waals surface area (Å²) in [6.07, 6.45) is 1.73. The summed E-state index contributed by atoms with van der Waals surface area (Å²) in [5, 5.41) is 8.03. The van der Waals surface area contributed by atoms with Crippen LogP contribution in [0.15, 0.2) is 24.3 Å². The van der Waals surface area contributed by atoms with E-state index in [-0.39, 0.29) is 73.3 Å². The van der Waals surface area contributed by atoms with Gasteiger partial charge < -0.3 is 30.5 Å². The van der Waals surface area contributed by atoms with Gasteiger partial charge in [0.05, 0.1) is 6.54 Å². The minimum absolute atomic E-state index is 0.00120. The first-order chi connectivity index (χ1) is 23.5. The number of hydrogen-bond acceptors (Lipinski definition) is 8. The van der Waals surface area contributed by atoms with Gasteiger partial charge in [-0.15, -0.1) is 0 Å². The fraction of sp³-hybridized carbons (Fsp3) is 0.639. The van der Waals surface area contributed by atoms with Crippen LogP contribution in [0.25, 0.3) is 0 Å². The number of anilines is 1. The molecule has 0 spiro atoms. The van der Waals surface area contributed by atoms with E-state index in [1.807, 2.05) is 27.7 Å². The number of nitrogens with zero attached hydrogens (tertiary/aromatic N) is 3. The van der Waals surface area contributed by atoms with E-state index in [1.54, 1.807) is 57.1 Å². The predicted octanol–water partition coefficient (Wildman–Crippen LogP) is 3.16. The van der Waals surface area contributed by atoms with Crippen molar-refractivity contribution in [1.82, 2.24) is 25.3 Å².